The lowest BCUT2D eigenvalue weighted by Crippen LogP contribution is -2.26. The van der Waals surface area contributed by atoms with E-state index in [1.54, 1.807) is 0 Å². The lowest BCUT2D eigenvalue weighted by molar-refractivity contribution is 0.104. The van der Waals surface area contributed by atoms with E-state index in [2.05, 4.69) is 18.9 Å². The van der Waals surface area contributed by atoms with Crippen molar-refractivity contribution in [2.24, 2.45) is 0 Å². The summed E-state index contributed by atoms with van der Waals surface area (Å²) < 4.78 is 5.36. The van der Waals surface area contributed by atoms with Gasteiger partial charge in [-0.25, -0.2) is 0 Å². The third-order valence-electron chi connectivity index (χ3n) is 1.89. The Kier molecular flexibility index (Phi) is 8.40. The van der Waals surface area contributed by atoms with Crippen molar-refractivity contribution in [3.63, 3.8) is 0 Å². The van der Waals surface area contributed by atoms with Gasteiger partial charge in [-0.3, -0.25) is 0 Å². The predicted molar refractivity (Wildman–Crippen MR) is 54.9 cm³/mol. The molecule has 1 unspecified atom stereocenters. The summed E-state index contributed by atoms with van der Waals surface area (Å²) in [5, 5.41) is 9.05. The molecule has 0 saturated heterocycles. The fourth-order valence-electron chi connectivity index (χ4n) is 0.986. The molecule has 0 aliphatic rings. The largest absolute Gasteiger partial charge is 0.393 e. The number of likely N-dealkylation sites (N-methyl/N-ethyl adjacent to an activating group) is 1. The first-order chi connectivity index (χ1) is 6.16. The normalized spacial score (nSPS) is 13.6. The number of rotatable bonds is 8. The highest BCUT2D eigenvalue weighted by atomic mass is 16.5. The topological polar surface area (TPSA) is 32.7 Å². The number of aliphatic hydroxyl groups is 1. The second-order valence-electron chi connectivity index (χ2n) is 3.55. The molecule has 0 aliphatic carbocycles. The van der Waals surface area contributed by atoms with E-state index in [4.69, 9.17) is 9.84 Å². The molecule has 0 rings (SSSR count). The molecule has 0 heterocycles. The van der Waals surface area contributed by atoms with Crippen LogP contribution in [-0.4, -0.2) is 49.5 Å². The Morgan fingerprint density at radius 3 is 2.54 bits per heavy atom. The fourth-order valence-corrected chi connectivity index (χ4v) is 0.986. The molecular formula is C10H23NO2. The molecule has 0 radical (unpaired) electrons. The Bertz CT molecular complexity index is 107. The third kappa shape index (κ3) is 9.80. The standard InChI is InChI=1S/C10H23NO2/c1-4-8-13-9-7-11(3)6-5-10(2)12/h10,12H,4-9H2,1-3H3. The van der Waals surface area contributed by atoms with Crippen LogP contribution in [0.4, 0.5) is 0 Å². The molecule has 0 aromatic rings. The summed E-state index contributed by atoms with van der Waals surface area (Å²) in [7, 11) is 2.05. The highest BCUT2D eigenvalue weighted by Crippen LogP contribution is 1.93. The molecule has 0 aliphatic heterocycles. The van der Waals surface area contributed by atoms with Crippen LogP contribution >= 0.6 is 0 Å². The molecule has 0 spiro atoms. The predicted octanol–water partition coefficient (Wildman–Crippen LogP) is 1.12. The SMILES string of the molecule is CCCOCCN(C)CCC(C)O. The van der Waals surface area contributed by atoms with Crippen LogP contribution in [0.1, 0.15) is 26.7 Å². The Hall–Kier alpha value is -0.120. The molecule has 0 aromatic carbocycles. The van der Waals surface area contributed by atoms with Gasteiger partial charge in [-0.05, 0) is 26.8 Å². The molecule has 3 nitrogen and oxygen atoms in total. The Morgan fingerprint density at radius 2 is 2.00 bits per heavy atom. The molecule has 0 fully saturated rings. The molecular weight excluding hydrogens is 166 g/mol. The van der Waals surface area contributed by atoms with E-state index in [-0.39, 0.29) is 6.10 Å². The van der Waals surface area contributed by atoms with Crippen molar-refractivity contribution in [3.05, 3.63) is 0 Å². The highest BCUT2D eigenvalue weighted by Gasteiger charge is 2.00. The quantitative estimate of drug-likeness (QED) is 0.581. The first-order valence-electron chi connectivity index (χ1n) is 5.11. The number of hydrogen-bond donors (Lipinski definition) is 1. The van der Waals surface area contributed by atoms with E-state index in [1.165, 1.54) is 0 Å². The van der Waals surface area contributed by atoms with Crippen LogP contribution in [-0.2, 0) is 4.74 Å². The van der Waals surface area contributed by atoms with Crippen LogP contribution in [0.5, 0.6) is 0 Å². The van der Waals surface area contributed by atoms with Gasteiger partial charge in [0.25, 0.3) is 0 Å². The van der Waals surface area contributed by atoms with Gasteiger partial charge >= 0.3 is 0 Å². The van der Waals surface area contributed by atoms with Crippen molar-refractivity contribution in [1.82, 2.24) is 4.90 Å². The van der Waals surface area contributed by atoms with Gasteiger partial charge in [-0.1, -0.05) is 6.92 Å². The maximum atomic E-state index is 9.05. The second kappa shape index (κ2) is 8.48. The van der Waals surface area contributed by atoms with Crippen molar-refractivity contribution in [2.75, 3.05) is 33.4 Å². The summed E-state index contributed by atoms with van der Waals surface area (Å²) in [6.07, 6.45) is 1.72. The van der Waals surface area contributed by atoms with Gasteiger partial charge in [0.1, 0.15) is 0 Å². The lowest BCUT2D eigenvalue weighted by Gasteiger charge is -2.17. The van der Waals surface area contributed by atoms with Crippen molar-refractivity contribution < 1.29 is 9.84 Å². The Labute approximate surface area is 81.7 Å². The Morgan fingerprint density at radius 1 is 1.31 bits per heavy atom. The first-order valence-corrected chi connectivity index (χ1v) is 5.11. The number of nitrogens with zero attached hydrogens (tertiary/aromatic N) is 1. The van der Waals surface area contributed by atoms with E-state index >= 15 is 0 Å². The van der Waals surface area contributed by atoms with Gasteiger partial charge in [0, 0.05) is 19.7 Å². The van der Waals surface area contributed by atoms with Crippen molar-refractivity contribution in [3.8, 4) is 0 Å². The summed E-state index contributed by atoms with van der Waals surface area (Å²) in [5.74, 6) is 0. The van der Waals surface area contributed by atoms with Crippen LogP contribution in [0.25, 0.3) is 0 Å². The minimum atomic E-state index is -0.195. The average Bonchev–Trinajstić information content (AvgIpc) is 2.09. The van der Waals surface area contributed by atoms with Crippen molar-refractivity contribution >= 4 is 0 Å². The zero-order chi connectivity index (χ0) is 10.1. The van der Waals surface area contributed by atoms with Crippen molar-refractivity contribution in [2.45, 2.75) is 32.8 Å². The van der Waals surface area contributed by atoms with Gasteiger partial charge in [0.2, 0.25) is 0 Å². The van der Waals surface area contributed by atoms with Gasteiger partial charge < -0.3 is 14.7 Å². The minimum Gasteiger partial charge on any atom is -0.393 e. The first kappa shape index (κ1) is 12.9. The average molecular weight is 189 g/mol. The Balaban J connectivity index is 3.15. The van der Waals surface area contributed by atoms with Gasteiger partial charge in [0.05, 0.1) is 12.7 Å². The maximum Gasteiger partial charge on any atom is 0.0593 e. The summed E-state index contributed by atoms with van der Waals surface area (Å²) in [6.45, 7) is 7.47. The molecule has 0 aromatic heterocycles. The van der Waals surface area contributed by atoms with Gasteiger partial charge in [-0.15, -0.1) is 0 Å². The van der Waals surface area contributed by atoms with Crippen LogP contribution in [0, 0.1) is 0 Å². The number of ether oxygens (including phenoxy) is 1. The van der Waals surface area contributed by atoms with E-state index in [1.807, 2.05) is 6.92 Å². The molecule has 80 valence electrons. The summed E-state index contributed by atoms with van der Waals surface area (Å²) in [5.41, 5.74) is 0. The van der Waals surface area contributed by atoms with Crippen LogP contribution in [0.3, 0.4) is 0 Å². The molecule has 13 heavy (non-hydrogen) atoms. The molecule has 0 saturated carbocycles. The minimum absolute atomic E-state index is 0.195. The molecule has 1 atom stereocenters. The number of aliphatic hydroxyl groups excluding tert-OH is 1. The molecule has 0 bridgehead atoms. The summed E-state index contributed by atoms with van der Waals surface area (Å²) >= 11 is 0. The van der Waals surface area contributed by atoms with Gasteiger partial charge in [0.15, 0.2) is 0 Å². The second-order valence-corrected chi connectivity index (χ2v) is 3.55. The van der Waals surface area contributed by atoms with E-state index in [9.17, 15) is 0 Å². The summed E-state index contributed by atoms with van der Waals surface area (Å²) in [6, 6.07) is 0. The molecule has 1 N–H and O–H groups in total. The lowest BCUT2D eigenvalue weighted by atomic mass is 10.3. The molecule has 0 amide bonds. The highest BCUT2D eigenvalue weighted by molar-refractivity contribution is 4.54. The monoisotopic (exact) mass is 189 g/mol. The number of hydrogen-bond acceptors (Lipinski definition) is 3. The zero-order valence-electron chi connectivity index (χ0n) is 9.12. The van der Waals surface area contributed by atoms with Gasteiger partial charge in [-0.2, -0.15) is 0 Å². The van der Waals surface area contributed by atoms with E-state index in [0.717, 1.165) is 39.1 Å². The van der Waals surface area contributed by atoms with Crippen LogP contribution < -0.4 is 0 Å². The van der Waals surface area contributed by atoms with E-state index < -0.39 is 0 Å². The van der Waals surface area contributed by atoms with Crippen LogP contribution in [0.15, 0.2) is 0 Å². The van der Waals surface area contributed by atoms with Crippen LogP contribution in [0.2, 0.25) is 0 Å². The van der Waals surface area contributed by atoms with Crippen molar-refractivity contribution in [1.29, 1.82) is 0 Å². The molecule has 3 heteroatoms. The zero-order valence-corrected chi connectivity index (χ0v) is 9.12. The smallest absolute Gasteiger partial charge is 0.0593 e. The maximum absolute atomic E-state index is 9.05. The van der Waals surface area contributed by atoms with E-state index in [0.29, 0.717) is 0 Å². The summed E-state index contributed by atoms with van der Waals surface area (Å²) in [4.78, 5) is 2.18. The fraction of sp³-hybridized carbons (Fsp3) is 1.00. The third-order valence-corrected chi connectivity index (χ3v) is 1.89.